The second-order valence-corrected chi connectivity index (χ2v) is 5.49. The van der Waals surface area contributed by atoms with Crippen molar-refractivity contribution >= 4 is 17.5 Å². The molecule has 1 aliphatic heterocycles. The summed E-state index contributed by atoms with van der Waals surface area (Å²) in [5.41, 5.74) is 0.170. The van der Waals surface area contributed by atoms with Crippen molar-refractivity contribution in [1.29, 1.82) is 0 Å². The normalized spacial score (nSPS) is 21.1. The number of hydrogen-bond donors (Lipinski definition) is 1. The zero-order valence-electron chi connectivity index (χ0n) is 9.88. The summed E-state index contributed by atoms with van der Waals surface area (Å²) in [6.45, 7) is 2.05. The molecule has 96 valence electrons. The van der Waals surface area contributed by atoms with Crippen molar-refractivity contribution < 1.29 is 9.18 Å². The minimum atomic E-state index is -0.507. The van der Waals surface area contributed by atoms with E-state index in [0.29, 0.717) is 18.1 Å². The summed E-state index contributed by atoms with van der Waals surface area (Å²) in [4.78, 5) is 14.0. The Hall–Kier alpha value is -1.13. The van der Waals surface area contributed by atoms with E-state index in [1.807, 2.05) is 0 Å². The van der Waals surface area contributed by atoms with Gasteiger partial charge in [-0.1, -0.05) is 11.6 Å². The van der Waals surface area contributed by atoms with E-state index in [1.165, 1.54) is 18.2 Å². The van der Waals surface area contributed by atoms with Gasteiger partial charge in [0.15, 0.2) is 0 Å². The van der Waals surface area contributed by atoms with Crippen LogP contribution in [0.1, 0.15) is 23.2 Å². The van der Waals surface area contributed by atoms with Crippen LogP contribution in [-0.2, 0) is 0 Å². The van der Waals surface area contributed by atoms with Crippen molar-refractivity contribution in [2.75, 3.05) is 19.6 Å². The van der Waals surface area contributed by atoms with E-state index in [9.17, 15) is 9.18 Å². The highest BCUT2D eigenvalue weighted by molar-refractivity contribution is 6.31. The predicted molar refractivity (Wildman–Crippen MR) is 67.3 cm³/mol. The number of nitrogens with zero attached hydrogens (tertiary/aromatic N) is 1. The third-order valence-electron chi connectivity index (χ3n) is 3.67. The van der Waals surface area contributed by atoms with E-state index in [4.69, 9.17) is 11.6 Å². The van der Waals surface area contributed by atoms with Crippen molar-refractivity contribution in [1.82, 2.24) is 10.2 Å². The van der Waals surface area contributed by atoms with Crippen LogP contribution in [0.15, 0.2) is 18.2 Å². The smallest absolute Gasteiger partial charge is 0.256 e. The molecule has 18 heavy (non-hydrogen) atoms. The number of rotatable bonds is 1. The number of nitrogens with one attached hydrogen (secondary N) is 1. The van der Waals surface area contributed by atoms with Gasteiger partial charge < -0.3 is 10.2 Å². The van der Waals surface area contributed by atoms with Crippen LogP contribution in [0.2, 0.25) is 5.02 Å². The average Bonchev–Trinajstić information content (AvgIpc) is 3.10. The first kappa shape index (κ1) is 11.9. The third kappa shape index (κ3) is 2.10. The lowest BCUT2D eigenvalue weighted by atomic mass is 10.1. The second kappa shape index (κ2) is 4.21. The molecule has 0 aromatic heterocycles. The first-order chi connectivity index (χ1) is 8.60. The van der Waals surface area contributed by atoms with Crippen molar-refractivity contribution in [2.24, 2.45) is 0 Å². The Morgan fingerprint density at radius 1 is 1.44 bits per heavy atom. The Morgan fingerprint density at radius 3 is 2.94 bits per heavy atom. The van der Waals surface area contributed by atoms with E-state index in [-0.39, 0.29) is 17.0 Å². The predicted octanol–water partition coefficient (Wildman–Crippen LogP) is 2.06. The van der Waals surface area contributed by atoms with Gasteiger partial charge in [-0.15, -0.1) is 0 Å². The van der Waals surface area contributed by atoms with E-state index in [0.717, 1.165) is 19.4 Å². The number of amides is 1. The lowest BCUT2D eigenvalue weighted by molar-refractivity contribution is 0.0686. The molecule has 1 aromatic rings. The summed E-state index contributed by atoms with van der Waals surface area (Å²) in [5, 5.41) is 3.80. The molecular formula is C13H14ClFN2O. The zero-order valence-corrected chi connectivity index (χ0v) is 10.6. The van der Waals surface area contributed by atoms with Crippen LogP contribution >= 0.6 is 11.6 Å². The van der Waals surface area contributed by atoms with Gasteiger partial charge in [-0.3, -0.25) is 4.79 Å². The summed E-state index contributed by atoms with van der Waals surface area (Å²) < 4.78 is 13.7. The highest BCUT2D eigenvalue weighted by Gasteiger charge is 2.46. The molecule has 1 aromatic carbocycles. The van der Waals surface area contributed by atoms with Crippen molar-refractivity contribution in [3.8, 4) is 0 Å². The van der Waals surface area contributed by atoms with Crippen LogP contribution < -0.4 is 5.32 Å². The molecule has 3 rings (SSSR count). The largest absolute Gasteiger partial charge is 0.335 e. The van der Waals surface area contributed by atoms with Gasteiger partial charge in [-0.2, -0.15) is 0 Å². The lowest BCUT2D eigenvalue weighted by Crippen LogP contribution is -2.54. The molecule has 1 amide bonds. The van der Waals surface area contributed by atoms with Gasteiger partial charge in [0.2, 0.25) is 0 Å². The maximum atomic E-state index is 13.7. The van der Waals surface area contributed by atoms with Gasteiger partial charge in [0.25, 0.3) is 5.91 Å². The van der Waals surface area contributed by atoms with Gasteiger partial charge in [-0.05, 0) is 31.0 Å². The maximum Gasteiger partial charge on any atom is 0.256 e. The highest BCUT2D eigenvalue weighted by atomic mass is 35.5. The molecule has 1 N–H and O–H groups in total. The molecule has 1 aliphatic carbocycles. The molecule has 1 saturated heterocycles. The summed E-state index contributed by atoms with van der Waals surface area (Å²) in [7, 11) is 0. The fourth-order valence-electron chi connectivity index (χ4n) is 2.45. The minimum absolute atomic E-state index is 0.0696. The molecule has 2 aliphatic rings. The molecule has 0 radical (unpaired) electrons. The lowest BCUT2D eigenvalue weighted by Gasteiger charge is -2.34. The van der Waals surface area contributed by atoms with Gasteiger partial charge in [0.05, 0.1) is 5.56 Å². The molecule has 0 bridgehead atoms. The minimum Gasteiger partial charge on any atom is -0.335 e. The fraction of sp³-hybridized carbons (Fsp3) is 0.462. The molecular weight excluding hydrogens is 255 g/mol. The third-order valence-corrected chi connectivity index (χ3v) is 3.91. The van der Waals surface area contributed by atoms with Crippen LogP contribution in [0, 0.1) is 5.82 Å². The summed E-state index contributed by atoms with van der Waals surface area (Å²) in [5.74, 6) is -0.768. The van der Waals surface area contributed by atoms with Gasteiger partial charge in [-0.25, -0.2) is 4.39 Å². The zero-order chi connectivity index (χ0) is 12.8. The van der Waals surface area contributed by atoms with Crippen LogP contribution in [0.25, 0.3) is 0 Å². The number of carbonyl (C=O) groups excluding carboxylic acids is 1. The first-order valence-corrected chi connectivity index (χ1v) is 6.47. The van der Waals surface area contributed by atoms with Crippen LogP contribution in [-0.4, -0.2) is 36.0 Å². The molecule has 1 spiro atoms. The molecule has 0 unspecified atom stereocenters. The quantitative estimate of drug-likeness (QED) is 0.846. The van der Waals surface area contributed by atoms with E-state index in [2.05, 4.69) is 5.32 Å². The van der Waals surface area contributed by atoms with Gasteiger partial charge in [0, 0.05) is 30.2 Å². The Balaban J connectivity index is 1.83. The first-order valence-electron chi connectivity index (χ1n) is 6.09. The fourth-order valence-corrected chi connectivity index (χ4v) is 2.62. The van der Waals surface area contributed by atoms with Crippen molar-refractivity contribution in [2.45, 2.75) is 18.4 Å². The van der Waals surface area contributed by atoms with E-state index < -0.39 is 5.82 Å². The number of hydrogen-bond acceptors (Lipinski definition) is 2. The Labute approximate surface area is 110 Å². The van der Waals surface area contributed by atoms with E-state index in [1.54, 1.807) is 4.90 Å². The van der Waals surface area contributed by atoms with Crippen LogP contribution in [0.5, 0.6) is 0 Å². The molecule has 5 heteroatoms. The van der Waals surface area contributed by atoms with Crippen molar-refractivity contribution in [3.63, 3.8) is 0 Å². The number of benzene rings is 1. The SMILES string of the molecule is O=C(c1cc(Cl)ccc1F)N1CCNC2(CC2)C1. The highest BCUT2D eigenvalue weighted by Crippen LogP contribution is 2.37. The Morgan fingerprint density at radius 2 is 2.22 bits per heavy atom. The molecule has 0 atom stereocenters. The second-order valence-electron chi connectivity index (χ2n) is 5.06. The Bertz CT molecular complexity index is 502. The van der Waals surface area contributed by atoms with Crippen LogP contribution in [0.4, 0.5) is 4.39 Å². The van der Waals surface area contributed by atoms with Gasteiger partial charge in [0.1, 0.15) is 5.82 Å². The number of carbonyl (C=O) groups is 1. The molecule has 1 heterocycles. The molecule has 2 fully saturated rings. The average molecular weight is 269 g/mol. The van der Waals surface area contributed by atoms with E-state index >= 15 is 0 Å². The monoisotopic (exact) mass is 268 g/mol. The molecule has 1 saturated carbocycles. The van der Waals surface area contributed by atoms with Crippen LogP contribution in [0.3, 0.4) is 0 Å². The standard InChI is InChI=1S/C13H14ClFN2O/c14-9-1-2-11(15)10(7-9)12(18)17-6-5-16-13(8-17)3-4-13/h1-2,7,16H,3-6,8H2. The maximum absolute atomic E-state index is 13.7. The number of halogens is 2. The topological polar surface area (TPSA) is 32.3 Å². The summed E-state index contributed by atoms with van der Waals surface area (Å²) >= 11 is 5.82. The van der Waals surface area contributed by atoms with Crippen molar-refractivity contribution in [3.05, 3.63) is 34.6 Å². The Kier molecular flexibility index (Phi) is 2.79. The number of piperazine rings is 1. The molecule has 3 nitrogen and oxygen atoms in total. The summed E-state index contributed by atoms with van der Waals surface area (Å²) in [6, 6.07) is 4.10. The van der Waals surface area contributed by atoms with Gasteiger partial charge >= 0.3 is 0 Å². The summed E-state index contributed by atoms with van der Waals surface area (Å²) in [6.07, 6.45) is 2.18.